The summed E-state index contributed by atoms with van der Waals surface area (Å²) in [5.74, 6) is -1.46. The fraction of sp³-hybridized carbons (Fsp3) is 0.800. The van der Waals surface area contributed by atoms with Gasteiger partial charge in [-0.05, 0) is 6.92 Å². The highest BCUT2D eigenvalue weighted by atomic mass is 16.5. The molecule has 2 atom stereocenters. The third kappa shape index (κ3) is 5.12. The Hall–Kier alpha value is -1.18. The van der Waals surface area contributed by atoms with E-state index < -0.39 is 24.1 Å². The van der Waals surface area contributed by atoms with Crippen molar-refractivity contribution in [3.8, 4) is 0 Å². The Bertz CT molecular complexity index is 286. The molecule has 0 aromatic heterocycles. The van der Waals surface area contributed by atoms with Crippen LogP contribution in [0, 0.1) is 0 Å². The van der Waals surface area contributed by atoms with Crippen LogP contribution >= 0.6 is 0 Å². The minimum Gasteiger partial charge on any atom is -0.481 e. The molecule has 0 spiro atoms. The molecular formula is C10H18N2O5. The Balaban J connectivity index is 2.33. The smallest absolute Gasteiger partial charge is 0.306 e. The Morgan fingerprint density at radius 3 is 2.82 bits per heavy atom. The Kier molecular flexibility index (Phi) is 4.86. The fourth-order valence-corrected chi connectivity index (χ4v) is 1.51. The van der Waals surface area contributed by atoms with Crippen molar-refractivity contribution in [2.45, 2.75) is 25.0 Å². The fourth-order valence-electron chi connectivity index (χ4n) is 1.51. The number of carbonyl (C=O) groups is 2. The molecule has 4 N–H and O–H groups in total. The van der Waals surface area contributed by atoms with Crippen LogP contribution in [-0.2, 0) is 14.3 Å². The van der Waals surface area contributed by atoms with Crippen LogP contribution < -0.4 is 10.6 Å². The second-order valence-corrected chi connectivity index (χ2v) is 4.35. The van der Waals surface area contributed by atoms with Gasteiger partial charge < -0.3 is 25.6 Å². The van der Waals surface area contributed by atoms with E-state index in [0.29, 0.717) is 19.7 Å². The molecule has 1 fully saturated rings. The lowest BCUT2D eigenvalue weighted by molar-refractivity contribution is -0.143. The van der Waals surface area contributed by atoms with Gasteiger partial charge in [-0.3, -0.25) is 9.59 Å². The van der Waals surface area contributed by atoms with Crippen LogP contribution in [0.25, 0.3) is 0 Å². The number of ether oxygens (including phenoxy) is 1. The molecule has 1 saturated heterocycles. The first kappa shape index (κ1) is 13.9. The summed E-state index contributed by atoms with van der Waals surface area (Å²) in [6.45, 7) is 2.84. The lowest BCUT2D eigenvalue weighted by Gasteiger charge is -2.26. The predicted octanol–water partition coefficient (Wildman–Crippen LogP) is -1.68. The minimum absolute atomic E-state index is 0.113. The van der Waals surface area contributed by atoms with Crippen molar-refractivity contribution in [2.75, 3.05) is 26.2 Å². The summed E-state index contributed by atoms with van der Waals surface area (Å²) in [4.78, 5) is 22.0. The molecule has 0 saturated carbocycles. The van der Waals surface area contributed by atoms with Crippen LogP contribution in [0.5, 0.6) is 0 Å². The highest BCUT2D eigenvalue weighted by Gasteiger charge is 2.27. The molecule has 17 heavy (non-hydrogen) atoms. The molecule has 1 amide bonds. The van der Waals surface area contributed by atoms with Crippen molar-refractivity contribution < 1.29 is 24.5 Å². The van der Waals surface area contributed by atoms with Gasteiger partial charge in [0.15, 0.2) is 0 Å². The maximum atomic E-state index is 11.6. The molecule has 0 aliphatic carbocycles. The Morgan fingerprint density at radius 1 is 1.59 bits per heavy atom. The SMILES string of the molecule is CC(O)(CNC(=O)C1CNCCO1)CC(=O)O. The summed E-state index contributed by atoms with van der Waals surface area (Å²) in [6.07, 6.45) is -0.999. The van der Waals surface area contributed by atoms with E-state index in [1.165, 1.54) is 6.92 Å². The van der Waals surface area contributed by atoms with Gasteiger partial charge in [0.1, 0.15) is 6.10 Å². The van der Waals surface area contributed by atoms with Crippen LogP contribution in [0.15, 0.2) is 0 Å². The van der Waals surface area contributed by atoms with Gasteiger partial charge in [0.05, 0.1) is 18.6 Å². The molecule has 0 aromatic carbocycles. The van der Waals surface area contributed by atoms with E-state index in [-0.39, 0.29) is 12.5 Å². The van der Waals surface area contributed by atoms with Gasteiger partial charge in [-0.1, -0.05) is 0 Å². The van der Waals surface area contributed by atoms with Gasteiger partial charge in [0.25, 0.3) is 5.91 Å². The van der Waals surface area contributed by atoms with Gasteiger partial charge >= 0.3 is 5.97 Å². The first-order valence-electron chi connectivity index (χ1n) is 5.45. The maximum absolute atomic E-state index is 11.6. The second kappa shape index (κ2) is 5.95. The number of carboxylic acid groups (broad SMARTS) is 1. The third-order valence-corrected chi connectivity index (χ3v) is 2.40. The van der Waals surface area contributed by atoms with Crippen molar-refractivity contribution >= 4 is 11.9 Å². The van der Waals surface area contributed by atoms with E-state index in [2.05, 4.69) is 10.6 Å². The Labute approximate surface area is 99.1 Å². The van der Waals surface area contributed by atoms with E-state index in [1.54, 1.807) is 0 Å². The topological polar surface area (TPSA) is 108 Å². The second-order valence-electron chi connectivity index (χ2n) is 4.35. The van der Waals surface area contributed by atoms with Crippen molar-refractivity contribution in [3.63, 3.8) is 0 Å². The van der Waals surface area contributed by atoms with E-state index in [9.17, 15) is 14.7 Å². The van der Waals surface area contributed by atoms with Gasteiger partial charge in [0, 0.05) is 19.6 Å². The zero-order valence-corrected chi connectivity index (χ0v) is 9.73. The lowest BCUT2D eigenvalue weighted by Crippen LogP contribution is -2.51. The molecule has 0 aromatic rings. The number of hydrogen-bond acceptors (Lipinski definition) is 5. The quantitative estimate of drug-likeness (QED) is 0.461. The average Bonchev–Trinajstić information content (AvgIpc) is 2.25. The summed E-state index contributed by atoms with van der Waals surface area (Å²) in [7, 11) is 0. The summed E-state index contributed by atoms with van der Waals surface area (Å²) in [5.41, 5.74) is -1.45. The molecular weight excluding hydrogens is 228 g/mol. The molecule has 1 aliphatic heterocycles. The molecule has 98 valence electrons. The maximum Gasteiger partial charge on any atom is 0.306 e. The van der Waals surface area contributed by atoms with Crippen LogP contribution in [-0.4, -0.2) is 60.0 Å². The van der Waals surface area contributed by atoms with Crippen LogP contribution in [0.2, 0.25) is 0 Å². The van der Waals surface area contributed by atoms with Crippen molar-refractivity contribution in [3.05, 3.63) is 0 Å². The van der Waals surface area contributed by atoms with Gasteiger partial charge in [-0.15, -0.1) is 0 Å². The number of amides is 1. The third-order valence-electron chi connectivity index (χ3n) is 2.40. The Morgan fingerprint density at radius 2 is 2.29 bits per heavy atom. The highest BCUT2D eigenvalue weighted by molar-refractivity contribution is 5.81. The minimum atomic E-state index is -1.45. The normalized spacial score (nSPS) is 23.8. The predicted molar refractivity (Wildman–Crippen MR) is 58.5 cm³/mol. The highest BCUT2D eigenvalue weighted by Crippen LogP contribution is 2.07. The van der Waals surface area contributed by atoms with E-state index in [1.807, 2.05) is 0 Å². The van der Waals surface area contributed by atoms with E-state index >= 15 is 0 Å². The van der Waals surface area contributed by atoms with Crippen molar-refractivity contribution in [1.82, 2.24) is 10.6 Å². The van der Waals surface area contributed by atoms with Gasteiger partial charge in [0.2, 0.25) is 0 Å². The van der Waals surface area contributed by atoms with E-state index in [0.717, 1.165) is 0 Å². The van der Waals surface area contributed by atoms with Gasteiger partial charge in [-0.25, -0.2) is 0 Å². The summed E-state index contributed by atoms with van der Waals surface area (Å²) < 4.78 is 5.21. The zero-order valence-electron chi connectivity index (χ0n) is 9.73. The first-order chi connectivity index (χ1) is 7.91. The summed E-state index contributed by atoms with van der Waals surface area (Å²) in [5, 5.41) is 23.7. The van der Waals surface area contributed by atoms with Crippen LogP contribution in [0.1, 0.15) is 13.3 Å². The standard InChI is InChI=1S/C10H18N2O5/c1-10(16,4-8(13)14)6-12-9(15)7-5-11-2-3-17-7/h7,11,16H,2-6H2,1H3,(H,12,15)(H,13,14). The number of morpholine rings is 1. The molecule has 7 nitrogen and oxygen atoms in total. The number of nitrogens with one attached hydrogen (secondary N) is 2. The number of carboxylic acids is 1. The average molecular weight is 246 g/mol. The summed E-state index contributed by atoms with van der Waals surface area (Å²) >= 11 is 0. The number of carbonyl (C=O) groups excluding carboxylic acids is 1. The van der Waals surface area contributed by atoms with E-state index in [4.69, 9.17) is 9.84 Å². The number of aliphatic carboxylic acids is 1. The molecule has 1 rings (SSSR count). The monoisotopic (exact) mass is 246 g/mol. The lowest BCUT2D eigenvalue weighted by atomic mass is 10.0. The molecule has 2 unspecified atom stereocenters. The molecule has 7 heteroatoms. The number of rotatable bonds is 5. The van der Waals surface area contributed by atoms with Gasteiger partial charge in [-0.2, -0.15) is 0 Å². The number of aliphatic hydroxyl groups is 1. The number of hydrogen-bond donors (Lipinski definition) is 4. The zero-order chi connectivity index (χ0) is 12.9. The summed E-state index contributed by atoms with van der Waals surface area (Å²) in [6, 6.07) is 0. The molecule has 0 radical (unpaired) electrons. The largest absolute Gasteiger partial charge is 0.481 e. The molecule has 1 aliphatic rings. The van der Waals surface area contributed by atoms with Crippen LogP contribution in [0.3, 0.4) is 0 Å². The first-order valence-corrected chi connectivity index (χ1v) is 5.45. The van der Waals surface area contributed by atoms with Crippen molar-refractivity contribution in [1.29, 1.82) is 0 Å². The molecule has 0 bridgehead atoms. The molecule has 1 heterocycles. The van der Waals surface area contributed by atoms with Crippen LogP contribution in [0.4, 0.5) is 0 Å². The van der Waals surface area contributed by atoms with Crippen molar-refractivity contribution in [2.24, 2.45) is 0 Å².